The van der Waals surface area contributed by atoms with Gasteiger partial charge in [-0.1, -0.05) is 13.8 Å². The Hall–Kier alpha value is -0.570. The third kappa shape index (κ3) is 3.45. The summed E-state index contributed by atoms with van der Waals surface area (Å²) in [5.41, 5.74) is 0. The van der Waals surface area contributed by atoms with Gasteiger partial charge in [0, 0.05) is 7.34 Å². The monoisotopic (exact) mass is 147 g/mol. The van der Waals surface area contributed by atoms with E-state index in [4.69, 9.17) is 5.11 Å². The summed E-state index contributed by atoms with van der Waals surface area (Å²) in [7, 11) is 0. The highest BCUT2D eigenvalue weighted by atomic mass is 16.3. The fourth-order valence-electron chi connectivity index (χ4n) is 0.534. The van der Waals surface area contributed by atoms with E-state index in [0.29, 0.717) is 0 Å². The number of rotatable bonds is 3. The van der Waals surface area contributed by atoms with Crippen LogP contribution in [0.1, 0.15) is 28.6 Å². The Balaban J connectivity index is 0. The minimum absolute atomic E-state index is 0. The van der Waals surface area contributed by atoms with Crippen LogP contribution in [0.5, 0.6) is 0 Å². The van der Waals surface area contributed by atoms with Gasteiger partial charge >= 0.3 is 0 Å². The number of carbonyl (C=O) groups is 1. The van der Waals surface area contributed by atoms with Crippen LogP contribution >= 0.6 is 0 Å². The van der Waals surface area contributed by atoms with E-state index in [1.165, 1.54) is 6.92 Å². The van der Waals surface area contributed by atoms with Gasteiger partial charge in [-0.05, 0) is 13.3 Å². The van der Waals surface area contributed by atoms with E-state index in [1.54, 1.807) is 0 Å². The summed E-state index contributed by atoms with van der Waals surface area (Å²) in [5.74, 6) is -0.0906. The summed E-state index contributed by atoms with van der Waals surface area (Å²) in [5, 5.41) is 11.1. The third-order valence-corrected chi connectivity index (χ3v) is 1.41. The van der Waals surface area contributed by atoms with Crippen molar-refractivity contribution in [1.82, 2.24) is 5.32 Å². The van der Waals surface area contributed by atoms with Crippen molar-refractivity contribution in [2.24, 2.45) is 5.92 Å². The lowest BCUT2D eigenvalue weighted by molar-refractivity contribution is -0.127. The van der Waals surface area contributed by atoms with E-state index in [2.05, 4.69) is 5.32 Å². The molecule has 0 rings (SSSR count). The molecule has 0 aromatic heterocycles. The number of aliphatic hydroxyl groups excluding tert-OH is 1. The van der Waals surface area contributed by atoms with Gasteiger partial charge in [-0.25, -0.2) is 0 Å². The van der Waals surface area contributed by atoms with Crippen LogP contribution in [0, 0.1) is 5.92 Å². The predicted molar refractivity (Wildman–Crippen MR) is 41.4 cm³/mol. The minimum Gasteiger partial charge on any atom is -0.374 e. The van der Waals surface area contributed by atoms with Crippen molar-refractivity contribution in [2.75, 3.05) is 0 Å². The van der Waals surface area contributed by atoms with Gasteiger partial charge in [-0.3, -0.25) is 4.79 Å². The lowest BCUT2D eigenvalue weighted by Gasteiger charge is -2.11. The standard InChI is InChI=1S/C7H15NO2.H2/c1-4-5(2)7(10)8-6(3)9;/h5-6,9H,4H2,1-3H3,(H,8,10);1H/t5-,6-;/m0./s1. The normalized spacial score (nSPS) is 16.0. The maximum atomic E-state index is 10.9. The second kappa shape index (κ2) is 4.28. The SMILES string of the molecule is CC[C@H](C)C(=O)N[C@H](C)O.[HH]. The average molecular weight is 147 g/mol. The van der Waals surface area contributed by atoms with Crippen molar-refractivity contribution < 1.29 is 11.3 Å². The Labute approximate surface area is 62.9 Å². The van der Waals surface area contributed by atoms with Gasteiger partial charge in [-0.2, -0.15) is 0 Å². The van der Waals surface area contributed by atoms with Crippen molar-refractivity contribution in [3.05, 3.63) is 0 Å². The topological polar surface area (TPSA) is 49.3 Å². The molecule has 0 aliphatic carbocycles. The summed E-state index contributed by atoms with van der Waals surface area (Å²) in [6.45, 7) is 5.30. The molecule has 0 unspecified atom stereocenters. The molecule has 1 amide bonds. The molecule has 3 nitrogen and oxygen atoms in total. The van der Waals surface area contributed by atoms with Gasteiger partial charge in [0.1, 0.15) is 6.23 Å². The smallest absolute Gasteiger partial charge is 0.224 e. The lowest BCUT2D eigenvalue weighted by Crippen LogP contribution is -2.35. The van der Waals surface area contributed by atoms with Crippen LogP contribution < -0.4 is 5.32 Å². The van der Waals surface area contributed by atoms with E-state index in [9.17, 15) is 4.79 Å². The summed E-state index contributed by atoms with van der Waals surface area (Å²) in [4.78, 5) is 10.9. The second-order valence-electron chi connectivity index (χ2n) is 2.49. The number of hydrogen-bond donors (Lipinski definition) is 2. The number of aliphatic hydroxyl groups is 1. The molecule has 0 heterocycles. The molecule has 0 radical (unpaired) electrons. The Morgan fingerprint density at radius 2 is 2.20 bits per heavy atom. The van der Waals surface area contributed by atoms with Crippen LogP contribution in [0.3, 0.4) is 0 Å². The zero-order valence-electron chi connectivity index (χ0n) is 6.72. The summed E-state index contributed by atoms with van der Waals surface area (Å²) in [6.07, 6.45) is 0.0694. The van der Waals surface area contributed by atoms with E-state index in [-0.39, 0.29) is 13.3 Å². The molecular weight excluding hydrogens is 130 g/mol. The Morgan fingerprint density at radius 1 is 1.70 bits per heavy atom. The molecule has 0 spiro atoms. The quantitative estimate of drug-likeness (QED) is 0.578. The second-order valence-corrected chi connectivity index (χ2v) is 2.49. The fourth-order valence-corrected chi connectivity index (χ4v) is 0.534. The van der Waals surface area contributed by atoms with Crippen LogP contribution in [0.15, 0.2) is 0 Å². The Kier molecular flexibility index (Phi) is 4.03. The number of amides is 1. The van der Waals surface area contributed by atoms with E-state index < -0.39 is 6.23 Å². The highest BCUT2D eigenvalue weighted by Gasteiger charge is 2.10. The van der Waals surface area contributed by atoms with E-state index >= 15 is 0 Å². The average Bonchev–Trinajstić information content (AvgIpc) is 1.85. The van der Waals surface area contributed by atoms with Crippen LogP contribution in [0.2, 0.25) is 0 Å². The first-order chi connectivity index (χ1) is 4.57. The van der Waals surface area contributed by atoms with Crippen LogP contribution in [0.4, 0.5) is 0 Å². The molecule has 2 atom stereocenters. The maximum absolute atomic E-state index is 10.9. The van der Waals surface area contributed by atoms with Crippen molar-refractivity contribution in [3.8, 4) is 0 Å². The summed E-state index contributed by atoms with van der Waals surface area (Å²) in [6, 6.07) is 0. The van der Waals surface area contributed by atoms with Crippen LogP contribution in [-0.4, -0.2) is 17.2 Å². The summed E-state index contributed by atoms with van der Waals surface area (Å²) >= 11 is 0. The third-order valence-electron chi connectivity index (χ3n) is 1.41. The maximum Gasteiger partial charge on any atom is 0.224 e. The van der Waals surface area contributed by atoms with Gasteiger partial charge in [0.15, 0.2) is 0 Å². The molecule has 0 aromatic carbocycles. The molecule has 3 heteroatoms. The molecule has 10 heavy (non-hydrogen) atoms. The summed E-state index contributed by atoms with van der Waals surface area (Å²) < 4.78 is 0. The molecule has 0 saturated carbocycles. The first kappa shape index (κ1) is 9.43. The van der Waals surface area contributed by atoms with Crippen molar-refractivity contribution in [3.63, 3.8) is 0 Å². The number of nitrogens with one attached hydrogen (secondary N) is 1. The van der Waals surface area contributed by atoms with Crippen LogP contribution in [0.25, 0.3) is 0 Å². The molecule has 2 N–H and O–H groups in total. The molecule has 0 bridgehead atoms. The molecule has 0 fully saturated rings. The van der Waals surface area contributed by atoms with E-state index in [1.807, 2.05) is 13.8 Å². The highest BCUT2D eigenvalue weighted by molar-refractivity contribution is 5.78. The molecule has 0 aliphatic heterocycles. The molecule has 0 aliphatic rings. The predicted octanol–water partition coefficient (Wildman–Crippen LogP) is 0.733. The van der Waals surface area contributed by atoms with Gasteiger partial charge in [-0.15, -0.1) is 0 Å². The minimum atomic E-state index is -0.735. The van der Waals surface area contributed by atoms with E-state index in [0.717, 1.165) is 6.42 Å². The number of carbonyl (C=O) groups excluding carboxylic acids is 1. The largest absolute Gasteiger partial charge is 0.374 e. The zero-order valence-corrected chi connectivity index (χ0v) is 6.72. The molecule has 0 aromatic rings. The molecule has 0 saturated heterocycles. The first-order valence-corrected chi connectivity index (χ1v) is 3.56. The fraction of sp³-hybridized carbons (Fsp3) is 0.857. The Morgan fingerprint density at radius 3 is 2.50 bits per heavy atom. The van der Waals surface area contributed by atoms with Crippen molar-refractivity contribution >= 4 is 5.91 Å². The van der Waals surface area contributed by atoms with Gasteiger partial charge in [0.25, 0.3) is 0 Å². The lowest BCUT2D eigenvalue weighted by atomic mass is 10.1. The molecule has 62 valence electrons. The van der Waals surface area contributed by atoms with Gasteiger partial charge in [0.05, 0.1) is 0 Å². The van der Waals surface area contributed by atoms with Crippen molar-refractivity contribution in [2.45, 2.75) is 33.4 Å². The van der Waals surface area contributed by atoms with Gasteiger partial charge in [0.2, 0.25) is 5.91 Å². The zero-order chi connectivity index (χ0) is 8.15. The molecular formula is C7H17NO2. The number of hydrogen-bond acceptors (Lipinski definition) is 2. The van der Waals surface area contributed by atoms with Crippen molar-refractivity contribution in [1.29, 1.82) is 0 Å². The van der Waals surface area contributed by atoms with Crippen LogP contribution in [-0.2, 0) is 4.79 Å². The Bertz CT molecular complexity index is 117. The van der Waals surface area contributed by atoms with Gasteiger partial charge < -0.3 is 10.4 Å². The highest BCUT2D eigenvalue weighted by Crippen LogP contribution is 1.99. The first-order valence-electron chi connectivity index (χ1n) is 3.56.